The lowest BCUT2D eigenvalue weighted by Crippen LogP contribution is -2.25. The topological polar surface area (TPSA) is 63.3 Å². The molecule has 0 spiro atoms. The van der Waals surface area contributed by atoms with Gasteiger partial charge in [0.15, 0.2) is 11.5 Å². The number of hydrogen-bond acceptors (Lipinski definition) is 4. The molecule has 148 valence electrons. The van der Waals surface area contributed by atoms with Gasteiger partial charge < -0.3 is 19.8 Å². The number of methoxy groups -OCH3 is 2. The Morgan fingerprint density at radius 2 is 1.93 bits per heavy atom. The van der Waals surface area contributed by atoms with Crippen LogP contribution in [0.3, 0.4) is 0 Å². The van der Waals surface area contributed by atoms with Gasteiger partial charge in [0.1, 0.15) is 0 Å². The third-order valence-electron chi connectivity index (χ3n) is 4.59. The summed E-state index contributed by atoms with van der Waals surface area (Å²) in [6.45, 7) is 0.613. The molecule has 3 aromatic rings. The molecule has 0 atom stereocenters. The predicted molar refractivity (Wildman–Crippen MR) is 115 cm³/mol. The Balaban J connectivity index is 1.36. The van der Waals surface area contributed by atoms with Gasteiger partial charge in [-0.1, -0.05) is 24.3 Å². The summed E-state index contributed by atoms with van der Waals surface area (Å²) >= 11 is 1.78. The van der Waals surface area contributed by atoms with Gasteiger partial charge in [-0.05, 0) is 35.7 Å². The highest BCUT2D eigenvalue weighted by atomic mass is 32.2. The maximum Gasteiger partial charge on any atom is 0.220 e. The van der Waals surface area contributed by atoms with Gasteiger partial charge in [-0.15, -0.1) is 0 Å². The molecule has 0 radical (unpaired) electrons. The summed E-state index contributed by atoms with van der Waals surface area (Å²) in [5.74, 6) is 3.22. The summed E-state index contributed by atoms with van der Waals surface area (Å²) in [4.78, 5) is 15.3. The highest BCUT2D eigenvalue weighted by Crippen LogP contribution is 2.27. The lowest BCUT2D eigenvalue weighted by Gasteiger charge is -2.10. The minimum absolute atomic E-state index is 0.0897. The van der Waals surface area contributed by atoms with Crippen LogP contribution in [0.1, 0.15) is 17.5 Å². The summed E-state index contributed by atoms with van der Waals surface area (Å²) in [6, 6.07) is 14.1. The van der Waals surface area contributed by atoms with E-state index < -0.39 is 0 Å². The lowest BCUT2D eigenvalue weighted by molar-refractivity contribution is -0.120. The van der Waals surface area contributed by atoms with Crippen molar-refractivity contribution >= 4 is 28.6 Å². The van der Waals surface area contributed by atoms with Crippen molar-refractivity contribution in [1.29, 1.82) is 0 Å². The number of hydrogen-bond donors (Lipinski definition) is 2. The van der Waals surface area contributed by atoms with Gasteiger partial charge in [-0.3, -0.25) is 4.79 Å². The highest BCUT2D eigenvalue weighted by molar-refractivity contribution is 7.98. The molecule has 5 nitrogen and oxygen atoms in total. The van der Waals surface area contributed by atoms with Crippen LogP contribution in [-0.4, -0.2) is 37.4 Å². The number of amides is 1. The summed E-state index contributed by atoms with van der Waals surface area (Å²) in [7, 11) is 3.24. The van der Waals surface area contributed by atoms with Gasteiger partial charge in [0.05, 0.1) is 14.2 Å². The molecule has 0 aliphatic heterocycles. The first kappa shape index (κ1) is 20.1. The first-order chi connectivity index (χ1) is 13.7. The summed E-state index contributed by atoms with van der Waals surface area (Å²) in [5, 5.41) is 4.25. The Labute approximate surface area is 169 Å². The van der Waals surface area contributed by atoms with Crippen molar-refractivity contribution < 1.29 is 14.3 Å². The van der Waals surface area contributed by atoms with Crippen molar-refractivity contribution in [1.82, 2.24) is 10.3 Å². The Kier molecular flexibility index (Phi) is 7.25. The van der Waals surface area contributed by atoms with Crippen LogP contribution in [0.15, 0.2) is 48.7 Å². The van der Waals surface area contributed by atoms with Crippen LogP contribution in [0.2, 0.25) is 0 Å². The Hall–Kier alpha value is -2.60. The van der Waals surface area contributed by atoms with E-state index in [1.807, 2.05) is 24.3 Å². The SMILES string of the molecule is COc1ccc(CCNC(=O)CCSCc2c[nH]c3ccccc23)cc1OC. The number of nitrogens with one attached hydrogen (secondary N) is 2. The average molecular weight is 399 g/mol. The van der Waals surface area contributed by atoms with Gasteiger partial charge in [0, 0.05) is 41.6 Å². The van der Waals surface area contributed by atoms with E-state index in [1.165, 1.54) is 10.9 Å². The van der Waals surface area contributed by atoms with Gasteiger partial charge in [0.2, 0.25) is 5.91 Å². The van der Waals surface area contributed by atoms with Crippen LogP contribution in [0.5, 0.6) is 11.5 Å². The molecule has 0 unspecified atom stereocenters. The van der Waals surface area contributed by atoms with Crippen LogP contribution < -0.4 is 14.8 Å². The maximum absolute atomic E-state index is 12.1. The van der Waals surface area contributed by atoms with E-state index in [9.17, 15) is 4.79 Å². The molecule has 28 heavy (non-hydrogen) atoms. The van der Waals surface area contributed by atoms with E-state index in [4.69, 9.17) is 9.47 Å². The number of ether oxygens (including phenoxy) is 2. The van der Waals surface area contributed by atoms with Crippen LogP contribution in [0, 0.1) is 0 Å². The summed E-state index contributed by atoms with van der Waals surface area (Å²) in [6.07, 6.45) is 3.34. The molecule has 0 aliphatic carbocycles. The fourth-order valence-electron chi connectivity index (χ4n) is 3.07. The standard InChI is InChI=1S/C22H26N2O3S/c1-26-20-8-7-16(13-21(20)27-2)9-11-23-22(25)10-12-28-15-17-14-24-19-6-4-3-5-18(17)19/h3-8,13-14,24H,9-12,15H2,1-2H3,(H,23,25). The number of para-hydroxylation sites is 1. The second-order valence-corrected chi connectivity index (χ2v) is 7.56. The zero-order valence-corrected chi connectivity index (χ0v) is 17.1. The first-order valence-electron chi connectivity index (χ1n) is 9.31. The summed E-state index contributed by atoms with van der Waals surface area (Å²) < 4.78 is 10.6. The van der Waals surface area contributed by atoms with Crippen LogP contribution in [0.4, 0.5) is 0 Å². The third kappa shape index (κ3) is 5.23. The van der Waals surface area contributed by atoms with Gasteiger partial charge >= 0.3 is 0 Å². The van der Waals surface area contributed by atoms with Crippen molar-refractivity contribution in [2.75, 3.05) is 26.5 Å². The van der Waals surface area contributed by atoms with E-state index in [1.54, 1.807) is 26.0 Å². The second-order valence-electron chi connectivity index (χ2n) is 6.45. The molecule has 0 saturated heterocycles. The minimum Gasteiger partial charge on any atom is -0.493 e. The molecule has 3 rings (SSSR count). The number of rotatable bonds is 10. The normalized spacial score (nSPS) is 10.8. The number of carbonyl (C=O) groups excluding carboxylic acids is 1. The molecule has 2 N–H and O–H groups in total. The highest BCUT2D eigenvalue weighted by Gasteiger charge is 2.07. The molecule has 1 heterocycles. The van der Waals surface area contributed by atoms with E-state index in [0.29, 0.717) is 24.5 Å². The second kappa shape index (κ2) is 10.1. The van der Waals surface area contributed by atoms with Gasteiger partial charge in [-0.25, -0.2) is 0 Å². The molecule has 0 saturated carbocycles. The number of carbonyl (C=O) groups is 1. The quantitative estimate of drug-likeness (QED) is 0.503. The van der Waals surface area contributed by atoms with E-state index in [-0.39, 0.29) is 5.91 Å². The van der Waals surface area contributed by atoms with Gasteiger partial charge in [0.25, 0.3) is 0 Å². The lowest BCUT2D eigenvalue weighted by atomic mass is 10.1. The molecule has 1 amide bonds. The fourth-order valence-corrected chi connectivity index (χ4v) is 4.00. The molecule has 1 aromatic heterocycles. The molecule has 6 heteroatoms. The minimum atomic E-state index is 0.0897. The number of aromatic nitrogens is 1. The molecule has 0 bridgehead atoms. The molecular weight excluding hydrogens is 372 g/mol. The number of H-pyrrole nitrogens is 1. The van der Waals surface area contributed by atoms with Crippen molar-refractivity contribution in [3.8, 4) is 11.5 Å². The smallest absolute Gasteiger partial charge is 0.220 e. The zero-order chi connectivity index (χ0) is 19.8. The van der Waals surface area contributed by atoms with Crippen LogP contribution >= 0.6 is 11.8 Å². The van der Waals surface area contributed by atoms with E-state index in [2.05, 4.69) is 34.7 Å². The number of thioether (sulfide) groups is 1. The number of aromatic amines is 1. The largest absolute Gasteiger partial charge is 0.493 e. The monoisotopic (exact) mass is 398 g/mol. The third-order valence-corrected chi connectivity index (χ3v) is 5.60. The predicted octanol–water partition coefficient (Wildman–Crippen LogP) is 4.17. The van der Waals surface area contributed by atoms with E-state index in [0.717, 1.165) is 29.0 Å². The van der Waals surface area contributed by atoms with Crippen molar-refractivity contribution in [2.45, 2.75) is 18.6 Å². The molecular formula is C22H26N2O3S. The van der Waals surface area contributed by atoms with Crippen molar-refractivity contribution in [3.05, 3.63) is 59.8 Å². The Morgan fingerprint density at radius 1 is 1.11 bits per heavy atom. The van der Waals surface area contributed by atoms with E-state index >= 15 is 0 Å². The fraction of sp³-hybridized carbons (Fsp3) is 0.318. The zero-order valence-electron chi connectivity index (χ0n) is 16.3. The molecule has 0 fully saturated rings. The Morgan fingerprint density at radius 3 is 2.75 bits per heavy atom. The first-order valence-corrected chi connectivity index (χ1v) is 10.5. The number of benzene rings is 2. The maximum atomic E-state index is 12.1. The Bertz CT molecular complexity index is 923. The van der Waals surface area contributed by atoms with Crippen LogP contribution in [-0.2, 0) is 17.0 Å². The summed E-state index contributed by atoms with van der Waals surface area (Å²) in [5.41, 5.74) is 3.55. The molecule has 2 aromatic carbocycles. The van der Waals surface area contributed by atoms with Crippen LogP contribution in [0.25, 0.3) is 10.9 Å². The van der Waals surface area contributed by atoms with Crippen molar-refractivity contribution in [3.63, 3.8) is 0 Å². The average Bonchev–Trinajstić information content (AvgIpc) is 3.14. The van der Waals surface area contributed by atoms with Crippen molar-refractivity contribution in [2.24, 2.45) is 0 Å². The molecule has 0 aliphatic rings. The van der Waals surface area contributed by atoms with Gasteiger partial charge in [-0.2, -0.15) is 11.8 Å². The number of fused-ring (bicyclic) bond motifs is 1.